The molecule has 0 spiro atoms. The van der Waals surface area contributed by atoms with Crippen LogP contribution in [0.2, 0.25) is 5.02 Å². The molecule has 1 N–H and O–H groups in total. The Morgan fingerprint density at radius 2 is 2.08 bits per heavy atom. The Labute approximate surface area is 144 Å². The number of nitrogens with one attached hydrogen (secondary N) is 1. The number of hydrogen-bond donors (Lipinski definition) is 1. The van der Waals surface area contributed by atoms with Gasteiger partial charge in [-0.15, -0.1) is 0 Å². The molecule has 3 rings (SSSR count). The fraction of sp³-hybridized carbons (Fsp3) is 0.294. The maximum atomic E-state index is 13.7. The number of benzene rings is 1. The van der Waals surface area contributed by atoms with E-state index in [-0.39, 0.29) is 22.9 Å². The van der Waals surface area contributed by atoms with Gasteiger partial charge in [0, 0.05) is 23.7 Å². The van der Waals surface area contributed by atoms with Crippen LogP contribution in [0.15, 0.2) is 36.5 Å². The average molecular weight is 350 g/mol. The number of aromatic nitrogens is 1. The van der Waals surface area contributed by atoms with Gasteiger partial charge in [0.05, 0.1) is 31.5 Å². The number of pyridine rings is 1. The third kappa shape index (κ3) is 4.01. The van der Waals surface area contributed by atoms with Crippen LogP contribution in [0.25, 0.3) is 0 Å². The van der Waals surface area contributed by atoms with Crippen LogP contribution in [-0.4, -0.2) is 37.2 Å². The predicted octanol–water partition coefficient (Wildman–Crippen LogP) is 2.89. The molecule has 1 aromatic carbocycles. The lowest BCUT2D eigenvalue weighted by molar-refractivity contribution is -0.115. The quantitative estimate of drug-likeness (QED) is 0.922. The van der Waals surface area contributed by atoms with Crippen LogP contribution in [0.4, 0.5) is 15.9 Å². The van der Waals surface area contributed by atoms with Crippen LogP contribution in [0.1, 0.15) is 5.56 Å². The summed E-state index contributed by atoms with van der Waals surface area (Å²) in [6.45, 7) is 2.96. The SMILES string of the molecule is O=C(Cc1c(F)cccc1Cl)Nc1ccc(N2CCOCC2)nc1. The van der Waals surface area contributed by atoms with E-state index in [1.165, 1.54) is 12.1 Å². The largest absolute Gasteiger partial charge is 0.378 e. The molecule has 0 saturated carbocycles. The van der Waals surface area contributed by atoms with Gasteiger partial charge in [-0.2, -0.15) is 0 Å². The van der Waals surface area contributed by atoms with Crippen molar-refractivity contribution in [2.45, 2.75) is 6.42 Å². The maximum Gasteiger partial charge on any atom is 0.229 e. The standard InChI is InChI=1S/C17H17ClFN3O2/c18-14-2-1-3-15(19)13(14)10-17(23)21-12-4-5-16(20-11-12)22-6-8-24-9-7-22/h1-5,11H,6-10H2,(H,21,23). The van der Waals surface area contributed by atoms with Crippen molar-refractivity contribution in [3.63, 3.8) is 0 Å². The highest BCUT2D eigenvalue weighted by Gasteiger charge is 2.14. The molecule has 7 heteroatoms. The number of carbonyl (C=O) groups is 1. The number of anilines is 2. The molecule has 24 heavy (non-hydrogen) atoms. The molecule has 2 aromatic rings. The molecule has 1 aliphatic rings. The molecular weight excluding hydrogens is 333 g/mol. The normalized spacial score (nSPS) is 14.5. The van der Waals surface area contributed by atoms with E-state index in [4.69, 9.17) is 16.3 Å². The van der Waals surface area contributed by atoms with E-state index < -0.39 is 5.82 Å². The fourth-order valence-electron chi connectivity index (χ4n) is 2.51. The first-order chi connectivity index (χ1) is 11.6. The van der Waals surface area contributed by atoms with Crippen LogP contribution in [0.5, 0.6) is 0 Å². The summed E-state index contributed by atoms with van der Waals surface area (Å²) in [4.78, 5) is 18.6. The van der Waals surface area contributed by atoms with Gasteiger partial charge < -0.3 is 15.0 Å². The summed E-state index contributed by atoms with van der Waals surface area (Å²) in [6.07, 6.45) is 1.46. The molecule has 0 aliphatic carbocycles. The molecular formula is C17H17ClFN3O2. The van der Waals surface area contributed by atoms with Crippen molar-refractivity contribution in [2.75, 3.05) is 36.5 Å². The Kier molecular flexibility index (Phi) is 5.27. The van der Waals surface area contributed by atoms with Gasteiger partial charge in [0.2, 0.25) is 5.91 Å². The maximum absolute atomic E-state index is 13.7. The Bertz CT molecular complexity index is 698. The number of carbonyl (C=O) groups excluding carboxylic acids is 1. The molecule has 0 radical (unpaired) electrons. The highest BCUT2D eigenvalue weighted by atomic mass is 35.5. The minimum absolute atomic E-state index is 0.128. The Balaban J connectivity index is 1.62. The van der Waals surface area contributed by atoms with Crippen molar-refractivity contribution >= 4 is 29.0 Å². The number of rotatable bonds is 4. The number of amides is 1. The summed E-state index contributed by atoms with van der Waals surface area (Å²) in [5.74, 6) is 0.00908. The van der Waals surface area contributed by atoms with Crippen molar-refractivity contribution in [1.82, 2.24) is 4.98 Å². The third-order valence-corrected chi connectivity index (χ3v) is 4.12. The molecule has 1 aromatic heterocycles. The van der Waals surface area contributed by atoms with E-state index in [1.54, 1.807) is 18.3 Å². The van der Waals surface area contributed by atoms with Crippen molar-refractivity contribution < 1.29 is 13.9 Å². The summed E-state index contributed by atoms with van der Waals surface area (Å²) in [6, 6.07) is 7.97. The van der Waals surface area contributed by atoms with Gasteiger partial charge in [0.25, 0.3) is 0 Å². The molecule has 5 nitrogen and oxygen atoms in total. The minimum atomic E-state index is -0.488. The zero-order valence-corrected chi connectivity index (χ0v) is 13.7. The molecule has 0 atom stereocenters. The lowest BCUT2D eigenvalue weighted by Crippen LogP contribution is -2.36. The summed E-state index contributed by atoms with van der Waals surface area (Å²) < 4.78 is 19.0. The highest BCUT2D eigenvalue weighted by molar-refractivity contribution is 6.31. The number of ether oxygens (including phenoxy) is 1. The van der Waals surface area contributed by atoms with Crippen LogP contribution in [0.3, 0.4) is 0 Å². The minimum Gasteiger partial charge on any atom is -0.378 e. The highest BCUT2D eigenvalue weighted by Crippen LogP contribution is 2.20. The zero-order chi connectivity index (χ0) is 16.9. The van der Waals surface area contributed by atoms with Crippen LogP contribution in [-0.2, 0) is 16.0 Å². The number of hydrogen-bond acceptors (Lipinski definition) is 4. The number of halogens is 2. The molecule has 1 amide bonds. The molecule has 1 aliphatic heterocycles. The lowest BCUT2D eigenvalue weighted by Gasteiger charge is -2.27. The van der Waals surface area contributed by atoms with Crippen molar-refractivity contribution in [1.29, 1.82) is 0 Å². The summed E-state index contributed by atoms with van der Waals surface area (Å²) >= 11 is 5.94. The summed E-state index contributed by atoms with van der Waals surface area (Å²) in [5, 5.41) is 2.95. The van der Waals surface area contributed by atoms with Gasteiger partial charge >= 0.3 is 0 Å². The van der Waals surface area contributed by atoms with E-state index in [1.807, 2.05) is 6.07 Å². The third-order valence-electron chi connectivity index (χ3n) is 3.77. The molecule has 1 fully saturated rings. The van der Waals surface area contributed by atoms with Crippen LogP contribution >= 0.6 is 11.6 Å². The second-order valence-electron chi connectivity index (χ2n) is 5.43. The first-order valence-corrected chi connectivity index (χ1v) is 8.03. The molecule has 2 heterocycles. The Morgan fingerprint density at radius 1 is 1.29 bits per heavy atom. The molecule has 1 saturated heterocycles. The van der Waals surface area contributed by atoms with Gasteiger partial charge in [0.15, 0.2) is 0 Å². The smallest absolute Gasteiger partial charge is 0.229 e. The van der Waals surface area contributed by atoms with E-state index >= 15 is 0 Å². The van der Waals surface area contributed by atoms with Gasteiger partial charge in [0.1, 0.15) is 11.6 Å². The topological polar surface area (TPSA) is 54.5 Å². The monoisotopic (exact) mass is 349 g/mol. The summed E-state index contributed by atoms with van der Waals surface area (Å²) in [7, 11) is 0. The molecule has 0 bridgehead atoms. The second kappa shape index (κ2) is 7.59. The zero-order valence-electron chi connectivity index (χ0n) is 13.0. The van der Waals surface area contributed by atoms with Gasteiger partial charge in [-0.1, -0.05) is 17.7 Å². The summed E-state index contributed by atoms with van der Waals surface area (Å²) in [5.41, 5.74) is 0.749. The van der Waals surface area contributed by atoms with Crippen LogP contribution in [0, 0.1) is 5.82 Å². The van der Waals surface area contributed by atoms with Gasteiger partial charge in [-0.3, -0.25) is 4.79 Å². The van der Waals surface area contributed by atoms with Crippen molar-refractivity contribution in [2.24, 2.45) is 0 Å². The average Bonchev–Trinajstić information content (AvgIpc) is 2.60. The second-order valence-corrected chi connectivity index (χ2v) is 5.84. The van der Waals surface area contributed by atoms with Crippen molar-refractivity contribution in [3.8, 4) is 0 Å². The molecule has 126 valence electrons. The van der Waals surface area contributed by atoms with E-state index in [0.29, 0.717) is 18.9 Å². The number of morpholine rings is 1. The van der Waals surface area contributed by atoms with Gasteiger partial charge in [-0.05, 0) is 24.3 Å². The van der Waals surface area contributed by atoms with Gasteiger partial charge in [-0.25, -0.2) is 9.37 Å². The molecule has 0 unspecified atom stereocenters. The van der Waals surface area contributed by atoms with E-state index in [0.717, 1.165) is 18.9 Å². The van der Waals surface area contributed by atoms with Crippen LogP contribution < -0.4 is 10.2 Å². The first kappa shape index (κ1) is 16.7. The Morgan fingerprint density at radius 3 is 2.75 bits per heavy atom. The van der Waals surface area contributed by atoms with Crippen molar-refractivity contribution in [3.05, 3.63) is 52.9 Å². The predicted molar refractivity (Wildman–Crippen MR) is 91.0 cm³/mol. The van der Waals surface area contributed by atoms with E-state index in [9.17, 15) is 9.18 Å². The number of nitrogens with zero attached hydrogens (tertiary/aromatic N) is 2. The lowest BCUT2D eigenvalue weighted by atomic mass is 10.1. The first-order valence-electron chi connectivity index (χ1n) is 7.65. The fourth-order valence-corrected chi connectivity index (χ4v) is 2.74. The van der Waals surface area contributed by atoms with E-state index in [2.05, 4.69) is 15.2 Å². The Hall–Kier alpha value is -2.18.